The monoisotopic (exact) mass is 369 g/mol. The van der Waals surface area contributed by atoms with Crippen molar-refractivity contribution in [2.24, 2.45) is 17.8 Å². The highest BCUT2D eigenvalue weighted by molar-refractivity contribution is 5.17. The molecule has 1 heteroatoms. The van der Waals surface area contributed by atoms with Gasteiger partial charge in [-0.25, -0.2) is 0 Å². The van der Waals surface area contributed by atoms with Gasteiger partial charge in [-0.3, -0.25) is 4.98 Å². The van der Waals surface area contributed by atoms with Gasteiger partial charge in [0, 0.05) is 17.8 Å². The topological polar surface area (TPSA) is 12.9 Å². The number of pyridine rings is 1. The Morgan fingerprint density at radius 1 is 0.778 bits per heavy atom. The van der Waals surface area contributed by atoms with Gasteiger partial charge in [-0.2, -0.15) is 0 Å². The van der Waals surface area contributed by atoms with Gasteiger partial charge < -0.3 is 0 Å². The average molecular weight is 370 g/mol. The quantitative estimate of drug-likeness (QED) is 0.401. The fraction of sp³-hybridized carbons (Fsp3) is 0.808. The lowest BCUT2D eigenvalue weighted by Gasteiger charge is -2.38. The van der Waals surface area contributed by atoms with E-state index < -0.39 is 0 Å². The van der Waals surface area contributed by atoms with Crippen LogP contribution in [0.3, 0.4) is 0 Å². The lowest BCUT2D eigenvalue weighted by molar-refractivity contribution is 0.155. The molecule has 0 saturated heterocycles. The fourth-order valence-electron chi connectivity index (χ4n) is 5.72. The van der Waals surface area contributed by atoms with E-state index in [0.29, 0.717) is 0 Å². The molecule has 0 bridgehead atoms. The Hall–Kier alpha value is -0.850. The van der Waals surface area contributed by atoms with Gasteiger partial charge in [-0.05, 0) is 80.8 Å². The number of aromatic nitrogens is 1. The van der Waals surface area contributed by atoms with Crippen molar-refractivity contribution >= 4 is 0 Å². The minimum atomic E-state index is 0.729. The molecule has 0 atom stereocenters. The molecule has 1 aromatic rings. The SMILES string of the molecule is CCCCC[C@H]1CC[C@H]([C@H]2CC[C@H](c3ccc(CCCC)cn3)CC2)CC1. The van der Waals surface area contributed by atoms with Crippen molar-refractivity contribution in [1.29, 1.82) is 0 Å². The molecule has 152 valence electrons. The van der Waals surface area contributed by atoms with Crippen molar-refractivity contribution < 1.29 is 0 Å². The first-order chi connectivity index (χ1) is 13.3. The Labute approximate surface area is 168 Å². The second-order valence-electron chi connectivity index (χ2n) is 9.58. The molecule has 0 aromatic carbocycles. The Balaban J connectivity index is 1.39. The summed E-state index contributed by atoms with van der Waals surface area (Å²) in [6.45, 7) is 4.59. The van der Waals surface area contributed by atoms with Crippen LogP contribution in [0.15, 0.2) is 18.3 Å². The molecule has 0 radical (unpaired) electrons. The van der Waals surface area contributed by atoms with Crippen LogP contribution >= 0.6 is 0 Å². The van der Waals surface area contributed by atoms with Crippen LogP contribution in [0.25, 0.3) is 0 Å². The number of hydrogen-bond donors (Lipinski definition) is 0. The maximum Gasteiger partial charge on any atom is 0.0434 e. The predicted octanol–water partition coefficient (Wildman–Crippen LogP) is 8.08. The summed E-state index contributed by atoms with van der Waals surface area (Å²) in [5.74, 6) is 3.84. The zero-order valence-electron chi connectivity index (χ0n) is 18.1. The number of hydrogen-bond acceptors (Lipinski definition) is 1. The number of nitrogens with zero attached hydrogens (tertiary/aromatic N) is 1. The van der Waals surface area contributed by atoms with Crippen molar-refractivity contribution in [2.75, 3.05) is 0 Å². The Morgan fingerprint density at radius 3 is 2.04 bits per heavy atom. The van der Waals surface area contributed by atoms with Crippen molar-refractivity contribution in [2.45, 2.75) is 116 Å². The molecule has 0 amide bonds. The molecule has 0 unspecified atom stereocenters. The molecule has 0 aliphatic heterocycles. The Bertz CT molecular complexity index is 504. The van der Waals surface area contributed by atoms with Crippen LogP contribution in [-0.4, -0.2) is 4.98 Å². The smallest absolute Gasteiger partial charge is 0.0434 e. The summed E-state index contributed by atoms with van der Waals surface area (Å²) < 4.78 is 0. The first-order valence-corrected chi connectivity index (χ1v) is 12.2. The van der Waals surface area contributed by atoms with E-state index in [2.05, 4.69) is 32.2 Å². The highest BCUT2D eigenvalue weighted by Crippen LogP contribution is 2.44. The van der Waals surface area contributed by atoms with E-state index in [1.165, 1.54) is 108 Å². The van der Waals surface area contributed by atoms with Crippen LogP contribution in [0.4, 0.5) is 0 Å². The van der Waals surface area contributed by atoms with Crippen LogP contribution in [-0.2, 0) is 6.42 Å². The maximum atomic E-state index is 4.84. The largest absolute Gasteiger partial charge is 0.261 e. The molecule has 1 nitrogen and oxygen atoms in total. The third-order valence-corrected chi connectivity index (χ3v) is 7.63. The average Bonchev–Trinajstić information content (AvgIpc) is 2.73. The second-order valence-corrected chi connectivity index (χ2v) is 9.58. The van der Waals surface area contributed by atoms with Crippen molar-refractivity contribution in [3.05, 3.63) is 29.6 Å². The molecular formula is C26H43N. The Morgan fingerprint density at radius 2 is 1.44 bits per heavy atom. The van der Waals surface area contributed by atoms with Gasteiger partial charge >= 0.3 is 0 Å². The standard InChI is InChI=1S/C26H43N/c1-3-5-7-9-21-10-13-23(14-11-21)24-15-17-25(18-16-24)26-19-12-22(20-27-26)8-6-4-2/h12,19-21,23-25H,3-11,13-18H2,1-2H3/t21-,23-,24-,25-. The lowest BCUT2D eigenvalue weighted by Crippen LogP contribution is -2.25. The van der Waals surface area contributed by atoms with E-state index in [4.69, 9.17) is 4.98 Å². The maximum absolute atomic E-state index is 4.84. The lowest BCUT2D eigenvalue weighted by atomic mass is 9.68. The highest BCUT2D eigenvalue weighted by Gasteiger charge is 2.31. The molecule has 0 spiro atoms. The zero-order valence-corrected chi connectivity index (χ0v) is 18.1. The van der Waals surface area contributed by atoms with Crippen LogP contribution in [0.1, 0.15) is 121 Å². The molecule has 1 aromatic heterocycles. The van der Waals surface area contributed by atoms with Crippen LogP contribution in [0.5, 0.6) is 0 Å². The summed E-state index contributed by atoms with van der Waals surface area (Å²) in [7, 11) is 0. The van der Waals surface area contributed by atoms with E-state index in [0.717, 1.165) is 23.7 Å². The van der Waals surface area contributed by atoms with Gasteiger partial charge in [0.05, 0.1) is 0 Å². The van der Waals surface area contributed by atoms with Gasteiger partial charge in [-0.1, -0.05) is 64.9 Å². The molecular weight excluding hydrogens is 326 g/mol. The molecule has 2 fully saturated rings. The normalized spacial score (nSPS) is 29.0. The summed E-state index contributed by atoms with van der Waals surface area (Å²) in [6.07, 6.45) is 23.4. The Kier molecular flexibility index (Phi) is 8.68. The van der Waals surface area contributed by atoms with E-state index in [9.17, 15) is 0 Å². The zero-order chi connectivity index (χ0) is 18.9. The van der Waals surface area contributed by atoms with Gasteiger partial charge in [0.1, 0.15) is 0 Å². The van der Waals surface area contributed by atoms with E-state index in [1.54, 1.807) is 0 Å². The number of rotatable bonds is 9. The minimum absolute atomic E-state index is 0.729. The molecule has 2 saturated carbocycles. The first-order valence-electron chi connectivity index (χ1n) is 12.2. The first kappa shape index (κ1) is 20.9. The third-order valence-electron chi connectivity index (χ3n) is 7.63. The molecule has 2 aliphatic carbocycles. The van der Waals surface area contributed by atoms with Crippen molar-refractivity contribution in [1.82, 2.24) is 4.98 Å². The van der Waals surface area contributed by atoms with Gasteiger partial charge in [0.25, 0.3) is 0 Å². The minimum Gasteiger partial charge on any atom is -0.261 e. The molecule has 0 N–H and O–H groups in total. The van der Waals surface area contributed by atoms with E-state index in [-0.39, 0.29) is 0 Å². The predicted molar refractivity (Wildman–Crippen MR) is 117 cm³/mol. The van der Waals surface area contributed by atoms with Crippen LogP contribution in [0.2, 0.25) is 0 Å². The number of unbranched alkanes of at least 4 members (excludes halogenated alkanes) is 3. The summed E-state index contributed by atoms with van der Waals surface area (Å²) in [5, 5.41) is 0. The molecule has 2 aliphatic rings. The highest BCUT2D eigenvalue weighted by atomic mass is 14.7. The number of aryl methyl sites for hydroxylation is 1. The third kappa shape index (κ3) is 6.33. The molecule has 27 heavy (non-hydrogen) atoms. The second kappa shape index (κ2) is 11.2. The van der Waals surface area contributed by atoms with Gasteiger partial charge in [-0.15, -0.1) is 0 Å². The summed E-state index contributed by atoms with van der Waals surface area (Å²) in [4.78, 5) is 4.84. The van der Waals surface area contributed by atoms with E-state index in [1.807, 2.05) is 0 Å². The van der Waals surface area contributed by atoms with Crippen molar-refractivity contribution in [3.8, 4) is 0 Å². The van der Waals surface area contributed by atoms with Crippen LogP contribution < -0.4 is 0 Å². The molecule has 3 rings (SSSR count). The summed E-state index contributed by atoms with van der Waals surface area (Å²) in [6, 6.07) is 4.67. The molecule has 1 heterocycles. The van der Waals surface area contributed by atoms with Crippen molar-refractivity contribution in [3.63, 3.8) is 0 Å². The van der Waals surface area contributed by atoms with Gasteiger partial charge in [0.15, 0.2) is 0 Å². The summed E-state index contributed by atoms with van der Waals surface area (Å²) in [5.41, 5.74) is 2.79. The van der Waals surface area contributed by atoms with E-state index >= 15 is 0 Å². The summed E-state index contributed by atoms with van der Waals surface area (Å²) >= 11 is 0. The van der Waals surface area contributed by atoms with Crippen LogP contribution in [0, 0.1) is 17.8 Å². The fourth-order valence-corrected chi connectivity index (χ4v) is 5.72. The van der Waals surface area contributed by atoms with Gasteiger partial charge in [0.2, 0.25) is 0 Å².